The molecule has 2 aliphatic rings. The lowest BCUT2D eigenvalue weighted by molar-refractivity contribution is -0.147. The van der Waals surface area contributed by atoms with Crippen molar-refractivity contribution in [1.82, 2.24) is 9.88 Å². The molecule has 0 N–H and O–H groups in total. The van der Waals surface area contributed by atoms with E-state index in [9.17, 15) is 22.8 Å². The van der Waals surface area contributed by atoms with Crippen LogP contribution in [0.25, 0.3) is 0 Å². The SMILES string of the molecule is CCc1cc(N2C(=S)N(c3cnc(C#N)c(C(F)(F)F)c3)C(=O)C2(C)C)ccc1OCCC1CCN([C@H](C)C(=O)OC)CC1. The lowest BCUT2D eigenvalue weighted by atomic mass is 9.93. The Kier molecular flexibility index (Phi) is 9.85. The first-order valence-electron chi connectivity index (χ1n) is 14.5. The summed E-state index contributed by atoms with van der Waals surface area (Å²) >= 11 is 5.65. The molecule has 1 amide bonds. The number of amides is 1. The van der Waals surface area contributed by atoms with Crippen molar-refractivity contribution in [2.24, 2.45) is 5.92 Å². The van der Waals surface area contributed by atoms with E-state index in [1.54, 1.807) is 24.8 Å². The Bertz CT molecular complexity index is 1470. The highest BCUT2D eigenvalue weighted by molar-refractivity contribution is 7.81. The molecule has 236 valence electrons. The first-order chi connectivity index (χ1) is 20.7. The molecule has 4 rings (SSSR count). The number of nitriles is 1. The molecule has 0 bridgehead atoms. The van der Waals surface area contributed by atoms with Gasteiger partial charge in [-0.1, -0.05) is 6.92 Å². The topological polar surface area (TPSA) is 99.0 Å². The number of carbonyl (C=O) groups is 2. The van der Waals surface area contributed by atoms with E-state index >= 15 is 0 Å². The number of halogens is 3. The molecule has 1 aromatic carbocycles. The highest BCUT2D eigenvalue weighted by Gasteiger charge is 2.51. The predicted molar refractivity (Wildman–Crippen MR) is 162 cm³/mol. The van der Waals surface area contributed by atoms with Crippen LogP contribution >= 0.6 is 12.2 Å². The average molecular weight is 632 g/mol. The number of rotatable bonds is 9. The van der Waals surface area contributed by atoms with Gasteiger partial charge in [-0.3, -0.25) is 19.4 Å². The number of alkyl halides is 3. The molecule has 2 fully saturated rings. The molecule has 0 spiro atoms. The van der Waals surface area contributed by atoms with E-state index in [-0.39, 0.29) is 22.8 Å². The number of aryl methyl sites for hydroxylation is 1. The largest absolute Gasteiger partial charge is 0.493 e. The first kappa shape index (κ1) is 33.1. The zero-order chi connectivity index (χ0) is 32.4. The highest BCUT2D eigenvalue weighted by Crippen LogP contribution is 2.40. The van der Waals surface area contributed by atoms with Crippen LogP contribution in [0.15, 0.2) is 30.5 Å². The monoisotopic (exact) mass is 631 g/mol. The summed E-state index contributed by atoms with van der Waals surface area (Å²) in [4.78, 5) is 33.8. The first-order valence-corrected chi connectivity index (χ1v) is 14.9. The number of hydrogen-bond donors (Lipinski definition) is 0. The number of hydrogen-bond acceptors (Lipinski definition) is 8. The van der Waals surface area contributed by atoms with Gasteiger partial charge in [0.15, 0.2) is 10.8 Å². The maximum atomic E-state index is 13.6. The van der Waals surface area contributed by atoms with Gasteiger partial charge in [-0.25, -0.2) is 4.98 Å². The molecule has 1 aromatic heterocycles. The van der Waals surface area contributed by atoms with Crippen LogP contribution in [0, 0.1) is 17.2 Å². The number of ether oxygens (including phenoxy) is 2. The smallest absolute Gasteiger partial charge is 0.419 e. The molecular formula is C31H36F3N5O4S. The van der Waals surface area contributed by atoms with Crippen LogP contribution in [0.2, 0.25) is 0 Å². The summed E-state index contributed by atoms with van der Waals surface area (Å²) in [6.07, 6.45) is -0.336. The Morgan fingerprint density at radius 3 is 2.50 bits per heavy atom. The van der Waals surface area contributed by atoms with Crippen molar-refractivity contribution in [2.75, 3.05) is 36.6 Å². The summed E-state index contributed by atoms with van der Waals surface area (Å²) in [6.45, 7) is 9.32. The number of thiocarbonyl (C=S) groups is 1. The summed E-state index contributed by atoms with van der Waals surface area (Å²) in [5.41, 5.74) is -1.89. The minimum Gasteiger partial charge on any atom is -0.493 e. The summed E-state index contributed by atoms with van der Waals surface area (Å²) in [6, 6.07) is 7.41. The van der Waals surface area contributed by atoms with E-state index in [0.29, 0.717) is 30.4 Å². The van der Waals surface area contributed by atoms with E-state index in [1.807, 2.05) is 26.0 Å². The van der Waals surface area contributed by atoms with Crippen LogP contribution in [-0.2, 0) is 26.9 Å². The number of anilines is 2. The number of pyridine rings is 1. The van der Waals surface area contributed by atoms with E-state index in [4.69, 9.17) is 27.0 Å². The van der Waals surface area contributed by atoms with E-state index in [0.717, 1.165) is 55.1 Å². The fourth-order valence-corrected chi connectivity index (χ4v) is 6.27. The van der Waals surface area contributed by atoms with Gasteiger partial charge < -0.3 is 14.4 Å². The molecule has 0 unspecified atom stereocenters. The molecule has 9 nitrogen and oxygen atoms in total. The molecule has 2 aromatic rings. The second-order valence-electron chi connectivity index (χ2n) is 11.5. The van der Waals surface area contributed by atoms with Gasteiger partial charge in [0, 0.05) is 5.69 Å². The van der Waals surface area contributed by atoms with Gasteiger partial charge in [0.05, 0.1) is 31.2 Å². The molecule has 0 saturated carbocycles. The van der Waals surface area contributed by atoms with Crippen LogP contribution < -0.4 is 14.5 Å². The molecule has 0 radical (unpaired) electrons. The quantitative estimate of drug-likeness (QED) is 0.263. The van der Waals surface area contributed by atoms with Crippen LogP contribution in [0.4, 0.5) is 24.5 Å². The van der Waals surface area contributed by atoms with Gasteiger partial charge in [0.25, 0.3) is 5.91 Å². The predicted octanol–water partition coefficient (Wildman–Crippen LogP) is 5.49. The van der Waals surface area contributed by atoms with Crippen LogP contribution in [0.5, 0.6) is 5.75 Å². The molecule has 0 aliphatic carbocycles. The molecule has 2 aliphatic heterocycles. The average Bonchev–Trinajstić information content (AvgIpc) is 3.18. The third-order valence-corrected chi connectivity index (χ3v) is 8.78. The molecule has 44 heavy (non-hydrogen) atoms. The van der Waals surface area contributed by atoms with Gasteiger partial charge in [-0.2, -0.15) is 18.4 Å². The number of esters is 1. The number of carbonyl (C=O) groups excluding carboxylic acids is 2. The Morgan fingerprint density at radius 2 is 1.91 bits per heavy atom. The van der Waals surface area contributed by atoms with Crippen molar-refractivity contribution >= 4 is 40.6 Å². The van der Waals surface area contributed by atoms with Gasteiger partial charge in [0.1, 0.15) is 23.4 Å². The number of likely N-dealkylation sites (tertiary alicyclic amines) is 1. The number of piperidine rings is 1. The fourth-order valence-electron chi connectivity index (χ4n) is 5.74. The minimum atomic E-state index is -4.83. The number of nitrogens with zero attached hydrogens (tertiary/aromatic N) is 5. The summed E-state index contributed by atoms with van der Waals surface area (Å²) in [5.74, 6) is 0.451. The number of aromatic nitrogens is 1. The van der Waals surface area contributed by atoms with Crippen molar-refractivity contribution in [1.29, 1.82) is 5.26 Å². The maximum absolute atomic E-state index is 13.6. The number of benzene rings is 1. The zero-order valence-electron chi connectivity index (χ0n) is 25.4. The molecule has 13 heteroatoms. The van der Waals surface area contributed by atoms with Crippen LogP contribution in [-0.4, -0.2) is 65.3 Å². The highest BCUT2D eigenvalue weighted by atomic mass is 32.1. The lowest BCUT2D eigenvalue weighted by Gasteiger charge is -2.34. The van der Waals surface area contributed by atoms with E-state index < -0.39 is 28.9 Å². The second-order valence-corrected chi connectivity index (χ2v) is 11.8. The number of methoxy groups -OCH3 is 1. The Morgan fingerprint density at radius 1 is 1.23 bits per heavy atom. The van der Waals surface area contributed by atoms with Gasteiger partial charge in [-0.15, -0.1) is 0 Å². The second kappa shape index (κ2) is 13.1. The van der Waals surface area contributed by atoms with E-state index in [2.05, 4.69) is 9.88 Å². The Hall–Kier alpha value is -3.76. The maximum Gasteiger partial charge on any atom is 0.419 e. The van der Waals surface area contributed by atoms with E-state index in [1.165, 1.54) is 13.2 Å². The Labute approximate surface area is 260 Å². The minimum absolute atomic E-state index is 0.00298. The van der Waals surface area contributed by atoms with Crippen molar-refractivity contribution in [2.45, 2.75) is 71.1 Å². The fraction of sp³-hybridized carbons (Fsp3) is 0.516. The van der Waals surface area contributed by atoms with Gasteiger partial charge in [-0.05, 0) is 108 Å². The molecule has 1 atom stereocenters. The zero-order valence-corrected chi connectivity index (χ0v) is 26.2. The van der Waals surface area contributed by atoms with Crippen LogP contribution in [0.1, 0.15) is 63.8 Å². The third kappa shape index (κ3) is 6.51. The van der Waals surface area contributed by atoms with Crippen molar-refractivity contribution in [3.8, 4) is 11.8 Å². The van der Waals surface area contributed by atoms with Gasteiger partial charge in [0.2, 0.25) is 0 Å². The molecule has 2 saturated heterocycles. The molecular weight excluding hydrogens is 595 g/mol. The van der Waals surface area contributed by atoms with Crippen LogP contribution in [0.3, 0.4) is 0 Å². The van der Waals surface area contributed by atoms with Crippen molar-refractivity contribution in [3.63, 3.8) is 0 Å². The van der Waals surface area contributed by atoms with Crippen molar-refractivity contribution in [3.05, 3.63) is 47.3 Å². The van der Waals surface area contributed by atoms with Crippen molar-refractivity contribution < 1.29 is 32.2 Å². The Balaban J connectivity index is 1.47. The standard InChI is InChI=1S/C31H36F3N5O4S/c1-6-21-15-22(7-8-26(21)43-14-11-20-9-12-37(13-10-20)19(2)27(40)42-5)39-29(44)38(28(41)30(39,3)4)23-16-24(31(32,33)34)25(17-35)36-18-23/h7-8,15-16,18-20H,6,9-14H2,1-5H3/t19-/m1/s1. The third-order valence-electron chi connectivity index (χ3n) is 8.42. The van der Waals surface area contributed by atoms with Gasteiger partial charge >= 0.3 is 12.1 Å². The normalized spacial score (nSPS) is 18.3. The summed E-state index contributed by atoms with van der Waals surface area (Å²) in [5, 5.41) is 9.11. The molecule has 3 heterocycles. The summed E-state index contributed by atoms with van der Waals surface area (Å²) in [7, 11) is 1.40. The summed E-state index contributed by atoms with van der Waals surface area (Å²) < 4.78 is 51.9. The lowest BCUT2D eigenvalue weighted by Crippen LogP contribution is -2.44.